The van der Waals surface area contributed by atoms with Gasteiger partial charge in [0.1, 0.15) is 0 Å². The van der Waals surface area contributed by atoms with Crippen LogP contribution < -0.4 is 5.43 Å². The van der Waals surface area contributed by atoms with Crippen molar-refractivity contribution in [1.29, 1.82) is 0 Å². The highest BCUT2D eigenvalue weighted by molar-refractivity contribution is 7.89. The van der Waals surface area contributed by atoms with Crippen LogP contribution in [-0.4, -0.2) is 37.9 Å². The number of nitrogens with zero attached hydrogens (tertiary/aromatic N) is 2. The fourth-order valence-corrected chi connectivity index (χ4v) is 4.78. The lowest BCUT2D eigenvalue weighted by Crippen LogP contribution is -2.40. The number of rotatable bonds is 9. The minimum atomic E-state index is -3.87. The molecule has 32 heavy (non-hydrogen) atoms. The van der Waals surface area contributed by atoms with E-state index in [0.29, 0.717) is 22.0 Å². The van der Waals surface area contributed by atoms with Crippen LogP contribution in [0.1, 0.15) is 11.1 Å². The Labute approximate surface area is 197 Å². The van der Waals surface area contributed by atoms with Crippen LogP contribution in [0.4, 0.5) is 0 Å². The Kier molecular flexibility index (Phi) is 8.41. The molecular formula is C23H21Cl2N3O3S. The lowest BCUT2D eigenvalue weighted by molar-refractivity contribution is -0.121. The molecule has 0 bridgehead atoms. The predicted octanol–water partition coefficient (Wildman–Crippen LogP) is 4.38. The number of carbonyl (C=O) groups excluding carboxylic acids is 1. The van der Waals surface area contributed by atoms with Crippen molar-refractivity contribution in [2.24, 2.45) is 5.10 Å². The second-order valence-corrected chi connectivity index (χ2v) is 9.63. The molecule has 0 aliphatic rings. The van der Waals surface area contributed by atoms with E-state index in [2.05, 4.69) is 10.5 Å². The molecule has 6 nitrogen and oxygen atoms in total. The third kappa shape index (κ3) is 6.64. The fourth-order valence-electron chi connectivity index (χ4n) is 2.90. The monoisotopic (exact) mass is 489 g/mol. The van der Waals surface area contributed by atoms with Crippen molar-refractivity contribution in [2.45, 2.75) is 11.3 Å². The maximum atomic E-state index is 13.1. The van der Waals surface area contributed by atoms with Crippen molar-refractivity contribution in [3.05, 3.63) is 100 Å². The van der Waals surface area contributed by atoms with E-state index >= 15 is 0 Å². The average molecular weight is 490 g/mol. The van der Waals surface area contributed by atoms with Crippen LogP contribution in [0.15, 0.2) is 88.9 Å². The zero-order valence-electron chi connectivity index (χ0n) is 17.0. The molecule has 1 N–H and O–H groups in total. The van der Waals surface area contributed by atoms with Crippen molar-refractivity contribution in [1.82, 2.24) is 9.73 Å². The Morgan fingerprint density at radius 1 is 0.969 bits per heavy atom. The summed E-state index contributed by atoms with van der Waals surface area (Å²) in [6.45, 7) is -0.239. The molecule has 9 heteroatoms. The highest BCUT2D eigenvalue weighted by Crippen LogP contribution is 2.19. The second-order valence-electron chi connectivity index (χ2n) is 6.85. The molecule has 0 aliphatic carbocycles. The SMILES string of the molecule is O=C(CN(CCc1ccccc1)S(=O)(=O)c1ccccc1)N/N=C\c1ccc(Cl)cc1Cl. The molecule has 3 rings (SSSR count). The van der Waals surface area contributed by atoms with Gasteiger partial charge in [0.05, 0.1) is 22.7 Å². The molecule has 0 atom stereocenters. The number of amides is 1. The van der Waals surface area contributed by atoms with Gasteiger partial charge in [0.15, 0.2) is 0 Å². The van der Waals surface area contributed by atoms with Crippen LogP contribution in [0, 0.1) is 0 Å². The minimum Gasteiger partial charge on any atom is -0.272 e. The lowest BCUT2D eigenvalue weighted by Gasteiger charge is -2.21. The zero-order chi connectivity index (χ0) is 23.0. The third-order valence-corrected chi connectivity index (χ3v) is 6.97. The lowest BCUT2D eigenvalue weighted by atomic mass is 10.1. The van der Waals surface area contributed by atoms with Crippen molar-refractivity contribution in [3.8, 4) is 0 Å². The molecular weight excluding hydrogens is 469 g/mol. The van der Waals surface area contributed by atoms with E-state index in [0.717, 1.165) is 9.87 Å². The summed E-state index contributed by atoms with van der Waals surface area (Å²) in [4.78, 5) is 12.6. The summed E-state index contributed by atoms with van der Waals surface area (Å²) < 4.78 is 27.4. The van der Waals surface area contributed by atoms with Crippen LogP contribution in [0.5, 0.6) is 0 Å². The number of benzene rings is 3. The average Bonchev–Trinajstić information content (AvgIpc) is 2.79. The fraction of sp³-hybridized carbons (Fsp3) is 0.130. The summed E-state index contributed by atoms with van der Waals surface area (Å²) in [5.41, 5.74) is 3.89. The summed E-state index contributed by atoms with van der Waals surface area (Å²) in [5, 5.41) is 4.75. The predicted molar refractivity (Wildman–Crippen MR) is 128 cm³/mol. The molecule has 3 aromatic rings. The van der Waals surface area contributed by atoms with Crippen molar-refractivity contribution in [2.75, 3.05) is 13.1 Å². The number of halogens is 2. The van der Waals surface area contributed by atoms with E-state index in [1.165, 1.54) is 18.3 Å². The maximum Gasteiger partial charge on any atom is 0.255 e. The van der Waals surface area contributed by atoms with Crippen LogP contribution >= 0.6 is 23.2 Å². The molecule has 0 unspecified atom stereocenters. The van der Waals surface area contributed by atoms with Crippen LogP contribution in [0.3, 0.4) is 0 Å². The van der Waals surface area contributed by atoms with Crippen LogP contribution in [0.2, 0.25) is 10.0 Å². The molecule has 0 aliphatic heterocycles. The Morgan fingerprint density at radius 2 is 1.62 bits per heavy atom. The highest BCUT2D eigenvalue weighted by Gasteiger charge is 2.26. The number of sulfonamides is 1. The first-order chi connectivity index (χ1) is 15.4. The maximum absolute atomic E-state index is 13.1. The number of nitrogens with one attached hydrogen (secondary N) is 1. The van der Waals surface area contributed by atoms with Crippen LogP contribution in [-0.2, 0) is 21.2 Å². The Balaban J connectivity index is 1.72. The number of carbonyl (C=O) groups is 1. The van der Waals surface area contributed by atoms with E-state index in [-0.39, 0.29) is 18.0 Å². The number of hydrogen-bond donors (Lipinski definition) is 1. The molecule has 0 heterocycles. The van der Waals surface area contributed by atoms with Crippen molar-refractivity contribution < 1.29 is 13.2 Å². The molecule has 0 fully saturated rings. The van der Waals surface area contributed by atoms with E-state index in [9.17, 15) is 13.2 Å². The molecule has 0 aromatic heterocycles. The molecule has 0 saturated carbocycles. The number of hydrazone groups is 1. The van der Waals surface area contributed by atoms with Gasteiger partial charge in [-0.15, -0.1) is 0 Å². The zero-order valence-corrected chi connectivity index (χ0v) is 19.3. The van der Waals surface area contributed by atoms with E-state index < -0.39 is 15.9 Å². The summed E-state index contributed by atoms with van der Waals surface area (Å²) >= 11 is 11.9. The standard InChI is InChI=1S/C23H21Cl2N3O3S/c24-20-12-11-19(22(25)15-20)16-26-27-23(29)17-28(14-13-18-7-3-1-4-8-18)32(30,31)21-9-5-2-6-10-21/h1-12,15-16H,13-14,17H2,(H,27,29)/b26-16-. The van der Waals surface area contributed by atoms with Crippen molar-refractivity contribution in [3.63, 3.8) is 0 Å². The summed E-state index contributed by atoms with van der Waals surface area (Å²) in [6, 6.07) is 22.4. The summed E-state index contributed by atoms with van der Waals surface area (Å²) in [7, 11) is -3.87. The third-order valence-electron chi connectivity index (χ3n) is 4.55. The van der Waals surface area contributed by atoms with Gasteiger partial charge in [-0.05, 0) is 36.2 Å². The Hall–Kier alpha value is -2.71. The van der Waals surface area contributed by atoms with E-state index in [4.69, 9.17) is 23.2 Å². The van der Waals surface area contributed by atoms with Gasteiger partial charge < -0.3 is 0 Å². The van der Waals surface area contributed by atoms with Gasteiger partial charge in [0.25, 0.3) is 5.91 Å². The normalized spacial score (nSPS) is 11.7. The summed E-state index contributed by atoms with van der Waals surface area (Å²) in [5.74, 6) is -0.570. The topological polar surface area (TPSA) is 78.8 Å². The van der Waals surface area contributed by atoms with Gasteiger partial charge >= 0.3 is 0 Å². The molecule has 3 aromatic carbocycles. The summed E-state index contributed by atoms with van der Waals surface area (Å²) in [6.07, 6.45) is 1.83. The molecule has 0 saturated heterocycles. The van der Waals surface area contributed by atoms with Gasteiger partial charge in [-0.1, -0.05) is 77.8 Å². The number of hydrogen-bond acceptors (Lipinski definition) is 4. The van der Waals surface area contributed by atoms with Gasteiger partial charge in [-0.2, -0.15) is 9.41 Å². The molecule has 166 valence electrons. The first-order valence-electron chi connectivity index (χ1n) is 9.72. The molecule has 1 amide bonds. The minimum absolute atomic E-state index is 0.123. The van der Waals surface area contributed by atoms with E-state index in [1.54, 1.807) is 36.4 Å². The van der Waals surface area contributed by atoms with Gasteiger partial charge in [-0.25, -0.2) is 13.8 Å². The van der Waals surface area contributed by atoms with Gasteiger partial charge in [0.2, 0.25) is 10.0 Å². The smallest absolute Gasteiger partial charge is 0.255 e. The van der Waals surface area contributed by atoms with Crippen molar-refractivity contribution >= 4 is 45.3 Å². The first kappa shape index (κ1) is 23.9. The first-order valence-corrected chi connectivity index (χ1v) is 11.9. The molecule has 0 radical (unpaired) electrons. The Morgan fingerprint density at radius 3 is 2.28 bits per heavy atom. The Bertz CT molecular complexity index is 1190. The molecule has 0 spiro atoms. The van der Waals surface area contributed by atoms with Gasteiger partial charge in [0, 0.05) is 17.1 Å². The highest BCUT2D eigenvalue weighted by atomic mass is 35.5. The largest absolute Gasteiger partial charge is 0.272 e. The van der Waals surface area contributed by atoms with Crippen LogP contribution in [0.25, 0.3) is 0 Å². The van der Waals surface area contributed by atoms with E-state index in [1.807, 2.05) is 30.3 Å². The quantitative estimate of drug-likeness (QED) is 0.357. The second kappa shape index (κ2) is 11.2. The van der Waals surface area contributed by atoms with Gasteiger partial charge in [-0.3, -0.25) is 4.79 Å².